The zero-order valence-electron chi connectivity index (χ0n) is 14.7. The molecule has 3 rings (SSSR count). The van der Waals surface area contributed by atoms with Crippen molar-refractivity contribution in [2.24, 2.45) is 5.92 Å². The Hall–Kier alpha value is -2.41. The van der Waals surface area contributed by atoms with Crippen molar-refractivity contribution in [2.45, 2.75) is 26.2 Å². The molecule has 1 atom stereocenters. The van der Waals surface area contributed by atoms with Crippen molar-refractivity contribution in [1.29, 1.82) is 0 Å². The lowest BCUT2D eigenvalue weighted by molar-refractivity contribution is -0.126. The molecule has 1 aromatic carbocycles. The summed E-state index contributed by atoms with van der Waals surface area (Å²) in [6.07, 6.45) is 4.07. The third kappa shape index (κ3) is 4.04. The fraction of sp³-hybridized carbons (Fsp3) is 0.444. The van der Waals surface area contributed by atoms with E-state index in [4.69, 9.17) is 11.6 Å². The summed E-state index contributed by atoms with van der Waals surface area (Å²) in [5.41, 5.74) is 0.913. The van der Waals surface area contributed by atoms with Crippen LogP contribution in [-0.4, -0.2) is 51.3 Å². The van der Waals surface area contributed by atoms with E-state index in [9.17, 15) is 9.59 Å². The van der Waals surface area contributed by atoms with E-state index in [1.807, 2.05) is 19.1 Å². The van der Waals surface area contributed by atoms with Crippen LogP contribution in [0.2, 0.25) is 5.02 Å². The second-order valence-electron chi connectivity index (χ2n) is 6.38. The number of rotatable bonds is 5. The van der Waals surface area contributed by atoms with Gasteiger partial charge in [-0.15, -0.1) is 5.10 Å². The molecule has 26 heavy (non-hydrogen) atoms. The summed E-state index contributed by atoms with van der Waals surface area (Å²) in [4.78, 5) is 26.6. The number of para-hydroxylation sites is 1. The lowest BCUT2D eigenvalue weighted by Gasteiger charge is -2.31. The van der Waals surface area contributed by atoms with Crippen LogP contribution in [0.4, 0.5) is 0 Å². The van der Waals surface area contributed by atoms with E-state index < -0.39 is 0 Å². The van der Waals surface area contributed by atoms with Crippen molar-refractivity contribution < 1.29 is 9.59 Å². The van der Waals surface area contributed by atoms with Crippen LogP contribution in [0.3, 0.4) is 0 Å². The van der Waals surface area contributed by atoms with Crippen LogP contribution in [0.5, 0.6) is 0 Å². The van der Waals surface area contributed by atoms with Crippen molar-refractivity contribution in [1.82, 2.24) is 25.2 Å². The van der Waals surface area contributed by atoms with Gasteiger partial charge in [-0.2, -0.15) is 0 Å². The largest absolute Gasteiger partial charge is 0.356 e. The highest BCUT2D eigenvalue weighted by molar-refractivity contribution is 6.32. The summed E-state index contributed by atoms with van der Waals surface area (Å²) in [5, 5.41) is 11.4. The first-order valence-electron chi connectivity index (χ1n) is 8.84. The number of piperidine rings is 1. The van der Waals surface area contributed by atoms with Gasteiger partial charge in [0.05, 0.1) is 22.8 Å². The molecule has 1 aliphatic rings. The number of nitrogens with one attached hydrogen (secondary N) is 1. The SMILES string of the molecule is CCCNC(=O)C1CCCN(C(=O)c2cn(-c3ccccc3Cl)nn2)C1. The Balaban J connectivity index is 1.69. The maximum atomic E-state index is 12.8. The first-order chi connectivity index (χ1) is 12.6. The second-order valence-corrected chi connectivity index (χ2v) is 6.79. The Morgan fingerprint density at radius 1 is 1.35 bits per heavy atom. The normalized spacial score (nSPS) is 17.2. The van der Waals surface area contributed by atoms with Crippen molar-refractivity contribution in [3.8, 4) is 5.69 Å². The van der Waals surface area contributed by atoms with Gasteiger partial charge in [-0.05, 0) is 31.4 Å². The van der Waals surface area contributed by atoms with Crippen LogP contribution >= 0.6 is 11.6 Å². The molecule has 2 heterocycles. The standard InChI is InChI=1S/C18H22ClN5O2/c1-2-9-20-17(25)13-6-5-10-23(11-13)18(26)15-12-24(22-21-15)16-8-4-3-7-14(16)19/h3-4,7-8,12-13H,2,5-6,9-11H2,1H3,(H,20,25). The molecule has 1 N–H and O–H groups in total. The quantitative estimate of drug-likeness (QED) is 0.869. The number of benzene rings is 1. The minimum atomic E-state index is -0.212. The Labute approximate surface area is 157 Å². The smallest absolute Gasteiger partial charge is 0.276 e. The topological polar surface area (TPSA) is 80.1 Å². The fourth-order valence-electron chi connectivity index (χ4n) is 3.05. The van der Waals surface area contributed by atoms with Crippen LogP contribution in [0.1, 0.15) is 36.7 Å². The monoisotopic (exact) mass is 375 g/mol. The van der Waals surface area contributed by atoms with Gasteiger partial charge in [0.15, 0.2) is 5.69 Å². The summed E-state index contributed by atoms with van der Waals surface area (Å²) >= 11 is 6.16. The summed E-state index contributed by atoms with van der Waals surface area (Å²) in [6.45, 7) is 3.71. The van der Waals surface area contributed by atoms with Gasteiger partial charge in [0.1, 0.15) is 0 Å². The minimum Gasteiger partial charge on any atom is -0.356 e. The average molecular weight is 376 g/mol. The van der Waals surface area contributed by atoms with Gasteiger partial charge in [-0.3, -0.25) is 9.59 Å². The predicted molar refractivity (Wildman–Crippen MR) is 98.3 cm³/mol. The number of nitrogens with zero attached hydrogens (tertiary/aromatic N) is 4. The highest BCUT2D eigenvalue weighted by atomic mass is 35.5. The summed E-state index contributed by atoms with van der Waals surface area (Å²) in [7, 11) is 0. The van der Waals surface area contributed by atoms with Crippen molar-refractivity contribution >= 4 is 23.4 Å². The van der Waals surface area contributed by atoms with Gasteiger partial charge >= 0.3 is 0 Å². The van der Waals surface area contributed by atoms with E-state index in [0.717, 1.165) is 19.3 Å². The van der Waals surface area contributed by atoms with Crippen LogP contribution in [0.15, 0.2) is 30.5 Å². The molecule has 8 heteroatoms. The van der Waals surface area contributed by atoms with Crippen LogP contribution in [-0.2, 0) is 4.79 Å². The van der Waals surface area contributed by atoms with E-state index in [0.29, 0.717) is 30.3 Å². The lowest BCUT2D eigenvalue weighted by atomic mass is 9.97. The maximum absolute atomic E-state index is 12.8. The van der Waals surface area contributed by atoms with E-state index in [-0.39, 0.29) is 23.4 Å². The second kappa shape index (κ2) is 8.31. The molecule has 0 bridgehead atoms. The third-order valence-corrected chi connectivity index (χ3v) is 4.76. The molecule has 138 valence electrons. The number of likely N-dealkylation sites (tertiary alicyclic amines) is 1. The molecule has 2 amide bonds. The Bertz CT molecular complexity index is 791. The molecular formula is C18H22ClN5O2. The van der Waals surface area contributed by atoms with E-state index >= 15 is 0 Å². The average Bonchev–Trinajstić information content (AvgIpc) is 3.16. The van der Waals surface area contributed by atoms with E-state index in [1.54, 1.807) is 23.2 Å². The number of hydrogen-bond donors (Lipinski definition) is 1. The van der Waals surface area contributed by atoms with Gasteiger partial charge in [0.25, 0.3) is 5.91 Å². The molecule has 1 unspecified atom stereocenters. The highest BCUT2D eigenvalue weighted by Crippen LogP contribution is 2.21. The first kappa shape index (κ1) is 18.4. The van der Waals surface area contributed by atoms with Gasteiger partial charge < -0.3 is 10.2 Å². The summed E-state index contributed by atoms with van der Waals surface area (Å²) < 4.78 is 1.49. The first-order valence-corrected chi connectivity index (χ1v) is 9.22. The van der Waals surface area contributed by atoms with Crippen molar-refractivity contribution in [2.75, 3.05) is 19.6 Å². The molecule has 0 saturated carbocycles. The third-order valence-electron chi connectivity index (χ3n) is 4.44. The Morgan fingerprint density at radius 2 is 2.15 bits per heavy atom. The molecule has 1 saturated heterocycles. The predicted octanol–water partition coefficient (Wildman–Crippen LogP) is 2.30. The van der Waals surface area contributed by atoms with Crippen LogP contribution < -0.4 is 5.32 Å². The highest BCUT2D eigenvalue weighted by Gasteiger charge is 2.30. The Kier molecular flexibility index (Phi) is 5.88. The molecule has 2 aromatic rings. The summed E-state index contributed by atoms with van der Waals surface area (Å²) in [5.74, 6) is -0.363. The number of halogens is 1. The molecule has 1 aliphatic heterocycles. The lowest BCUT2D eigenvalue weighted by Crippen LogP contribution is -2.45. The molecule has 1 fully saturated rings. The summed E-state index contributed by atoms with van der Waals surface area (Å²) in [6, 6.07) is 7.23. The molecule has 7 nitrogen and oxygen atoms in total. The van der Waals surface area contributed by atoms with Gasteiger partial charge in [0.2, 0.25) is 5.91 Å². The van der Waals surface area contributed by atoms with Crippen molar-refractivity contribution in [3.05, 3.63) is 41.2 Å². The molecular weight excluding hydrogens is 354 g/mol. The van der Waals surface area contributed by atoms with Gasteiger partial charge in [0, 0.05) is 19.6 Å². The van der Waals surface area contributed by atoms with E-state index in [2.05, 4.69) is 15.6 Å². The zero-order chi connectivity index (χ0) is 18.5. The molecule has 0 aliphatic carbocycles. The van der Waals surface area contributed by atoms with Crippen LogP contribution in [0, 0.1) is 5.92 Å². The number of carbonyl (C=O) groups is 2. The maximum Gasteiger partial charge on any atom is 0.276 e. The minimum absolute atomic E-state index is 0.0177. The molecule has 1 aromatic heterocycles. The number of carbonyl (C=O) groups excluding carboxylic acids is 2. The van der Waals surface area contributed by atoms with E-state index in [1.165, 1.54) is 4.68 Å². The number of aromatic nitrogens is 3. The fourth-order valence-corrected chi connectivity index (χ4v) is 3.27. The Morgan fingerprint density at radius 3 is 2.92 bits per heavy atom. The van der Waals surface area contributed by atoms with Gasteiger partial charge in [-0.25, -0.2) is 4.68 Å². The number of hydrogen-bond acceptors (Lipinski definition) is 4. The van der Waals surface area contributed by atoms with Gasteiger partial charge in [-0.1, -0.05) is 35.9 Å². The zero-order valence-corrected chi connectivity index (χ0v) is 15.4. The number of amides is 2. The van der Waals surface area contributed by atoms with Crippen LogP contribution in [0.25, 0.3) is 5.69 Å². The molecule has 0 radical (unpaired) electrons. The van der Waals surface area contributed by atoms with Crippen molar-refractivity contribution in [3.63, 3.8) is 0 Å². The molecule has 0 spiro atoms.